The van der Waals surface area contributed by atoms with Crippen LogP contribution in [-0.4, -0.2) is 29.7 Å². The zero-order chi connectivity index (χ0) is 13.8. The van der Waals surface area contributed by atoms with E-state index in [9.17, 15) is 0 Å². The summed E-state index contributed by atoms with van der Waals surface area (Å²) in [5.74, 6) is 3.30. The van der Waals surface area contributed by atoms with Crippen LogP contribution in [0.5, 0.6) is 11.5 Å². The summed E-state index contributed by atoms with van der Waals surface area (Å²) >= 11 is 0. The fraction of sp³-hybridized carbons (Fsp3) is 0.333. The van der Waals surface area contributed by atoms with E-state index < -0.39 is 0 Å². The average Bonchev–Trinajstić information content (AvgIpc) is 2.47. The van der Waals surface area contributed by atoms with Crippen molar-refractivity contribution in [1.29, 1.82) is 0 Å². The first-order valence-electron chi connectivity index (χ1n) is 6.73. The molecule has 0 fully saturated rings. The Kier molecular flexibility index (Phi) is 3.67. The Labute approximate surface area is 118 Å². The van der Waals surface area contributed by atoms with Crippen molar-refractivity contribution in [3.05, 3.63) is 41.9 Å². The lowest BCUT2D eigenvalue weighted by Gasteiger charge is -2.18. The summed E-state index contributed by atoms with van der Waals surface area (Å²) in [6.07, 6.45) is 2.66. The minimum absolute atomic E-state index is 0.620. The lowest BCUT2D eigenvalue weighted by Crippen LogP contribution is -2.15. The highest BCUT2D eigenvalue weighted by Crippen LogP contribution is 2.30. The van der Waals surface area contributed by atoms with Crippen LogP contribution in [0, 0.1) is 6.92 Å². The Morgan fingerprint density at radius 3 is 2.85 bits per heavy atom. The molecule has 1 aliphatic heterocycles. The number of aromatic nitrogens is 2. The van der Waals surface area contributed by atoms with E-state index in [1.54, 1.807) is 6.20 Å². The topological polar surface area (TPSA) is 56.3 Å². The number of nitrogens with one attached hydrogen (secondary N) is 1. The van der Waals surface area contributed by atoms with Crippen molar-refractivity contribution in [3.8, 4) is 11.5 Å². The standard InChI is InChI=1S/C15H17N3O2/c1-11-16-7-5-15(18-11)17-6-4-12-2-3-13-14(10-12)20-9-8-19-13/h2-3,5,7,10H,4,6,8-9H2,1H3,(H,16,17,18). The van der Waals surface area contributed by atoms with E-state index in [2.05, 4.69) is 21.4 Å². The fourth-order valence-electron chi connectivity index (χ4n) is 2.13. The molecule has 1 N–H and O–H groups in total. The van der Waals surface area contributed by atoms with Gasteiger partial charge in [0.15, 0.2) is 11.5 Å². The summed E-state index contributed by atoms with van der Waals surface area (Å²) in [7, 11) is 0. The first kappa shape index (κ1) is 12.7. The highest BCUT2D eigenvalue weighted by molar-refractivity contribution is 5.44. The number of aryl methyl sites for hydroxylation is 1. The van der Waals surface area contributed by atoms with E-state index in [0.717, 1.165) is 36.1 Å². The van der Waals surface area contributed by atoms with Gasteiger partial charge in [-0.2, -0.15) is 0 Å². The summed E-state index contributed by atoms with van der Waals surface area (Å²) in [5.41, 5.74) is 1.22. The molecule has 0 atom stereocenters. The number of benzene rings is 1. The van der Waals surface area contributed by atoms with Crippen molar-refractivity contribution in [2.45, 2.75) is 13.3 Å². The Balaban J connectivity index is 1.58. The summed E-state index contributed by atoms with van der Waals surface area (Å²) in [6, 6.07) is 7.96. The van der Waals surface area contributed by atoms with Crippen molar-refractivity contribution in [3.63, 3.8) is 0 Å². The van der Waals surface area contributed by atoms with Crippen molar-refractivity contribution in [2.75, 3.05) is 25.1 Å². The van der Waals surface area contributed by atoms with Gasteiger partial charge in [0.1, 0.15) is 24.9 Å². The largest absolute Gasteiger partial charge is 0.486 e. The highest BCUT2D eigenvalue weighted by Gasteiger charge is 2.11. The van der Waals surface area contributed by atoms with Gasteiger partial charge in [-0.15, -0.1) is 0 Å². The first-order valence-corrected chi connectivity index (χ1v) is 6.73. The van der Waals surface area contributed by atoms with Crippen LogP contribution in [0.4, 0.5) is 5.82 Å². The molecule has 0 bridgehead atoms. The first-order chi connectivity index (χ1) is 9.81. The van der Waals surface area contributed by atoms with E-state index in [1.165, 1.54) is 5.56 Å². The molecule has 0 saturated heterocycles. The summed E-state index contributed by atoms with van der Waals surface area (Å²) < 4.78 is 11.1. The molecule has 2 heterocycles. The molecule has 1 aromatic carbocycles. The summed E-state index contributed by atoms with van der Waals surface area (Å²) in [6.45, 7) is 3.94. The molecule has 3 rings (SSSR count). The molecule has 1 aliphatic rings. The smallest absolute Gasteiger partial charge is 0.161 e. The second-order valence-corrected chi connectivity index (χ2v) is 4.64. The fourth-order valence-corrected chi connectivity index (χ4v) is 2.13. The number of anilines is 1. The van der Waals surface area contributed by atoms with Crippen LogP contribution in [0.25, 0.3) is 0 Å². The van der Waals surface area contributed by atoms with E-state index in [1.807, 2.05) is 25.1 Å². The zero-order valence-corrected chi connectivity index (χ0v) is 11.4. The number of fused-ring (bicyclic) bond motifs is 1. The number of nitrogens with zero attached hydrogens (tertiary/aromatic N) is 2. The van der Waals surface area contributed by atoms with Crippen molar-refractivity contribution >= 4 is 5.82 Å². The zero-order valence-electron chi connectivity index (χ0n) is 11.4. The third-order valence-corrected chi connectivity index (χ3v) is 3.10. The molecule has 0 aliphatic carbocycles. The van der Waals surface area contributed by atoms with Gasteiger partial charge in [-0.1, -0.05) is 6.07 Å². The molecular weight excluding hydrogens is 254 g/mol. The molecule has 2 aromatic rings. The lowest BCUT2D eigenvalue weighted by molar-refractivity contribution is 0.171. The number of rotatable bonds is 4. The van der Waals surface area contributed by atoms with Gasteiger partial charge in [0.05, 0.1) is 0 Å². The van der Waals surface area contributed by atoms with Crippen LogP contribution in [0.15, 0.2) is 30.5 Å². The average molecular weight is 271 g/mol. The van der Waals surface area contributed by atoms with Crippen LogP contribution < -0.4 is 14.8 Å². The number of hydrogen-bond acceptors (Lipinski definition) is 5. The summed E-state index contributed by atoms with van der Waals surface area (Å²) in [4.78, 5) is 8.38. The van der Waals surface area contributed by atoms with Gasteiger partial charge < -0.3 is 14.8 Å². The van der Waals surface area contributed by atoms with Gasteiger partial charge >= 0.3 is 0 Å². The van der Waals surface area contributed by atoms with Gasteiger partial charge in [0, 0.05) is 12.7 Å². The van der Waals surface area contributed by atoms with Crippen LogP contribution >= 0.6 is 0 Å². The summed E-state index contributed by atoms with van der Waals surface area (Å²) in [5, 5.41) is 3.29. The van der Waals surface area contributed by atoms with Crippen molar-refractivity contribution in [1.82, 2.24) is 9.97 Å². The molecule has 1 aromatic heterocycles. The highest BCUT2D eigenvalue weighted by atomic mass is 16.6. The normalized spacial score (nSPS) is 13.1. The molecule has 5 nitrogen and oxygen atoms in total. The third-order valence-electron chi connectivity index (χ3n) is 3.10. The van der Waals surface area contributed by atoms with E-state index in [4.69, 9.17) is 9.47 Å². The molecule has 0 amide bonds. The quantitative estimate of drug-likeness (QED) is 0.924. The number of hydrogen-bond donors (Lipinski definition) is 1. The SMILES string of the molecule is Cc1nccc(NCCc2ccc3c(c2)OCCO3)n1. The van der Waals surface area contributed by atoms with E-state index >= 15 is 0 Å². The van der Waals surface area contributed by atoms with E-state index in [0.29, 0.717) is 13.2 Å². The maximum absolute atomic E-state index is 5.58. The minimum atomic E-state index is 0.620. The minimum Gasteiger partial charge on any atom is -0.486 e. The van der Waals surface area contributed by atoms with Gasteiger partial charge in [-0.25, -0.2) is 9.97 Å². The molecule has 0 unspecified atom stereocenters. The Hall–Kier alpha value is -2.30. The second-order valence-electron chi connectivity index (χ2n) is 4.64. The maximum Gasteiger partial charge on any atom is 0.161 e. The predicted molar refractivity (Wildman–Crippen MR) is 76.4 cm³/mol. The Bertz CT molecular complexity index is 601. The van der Waals surface area contributed by atoms with E-state index in [-0.39, 0.29) is 0 Å². The van der Waals surface area contributed by atoms with Crippen LogP contribution in [0.2, 0.25) is 0 Å². The van der Waals surface area contributed by atoms with Gasteiger partial charge in [0.25, 0.3) is 0 Å². The molecule has 0 spiro atoms. The van der Waals surface area contributed by atoms with Gasteiger partial charge in [-0.05, 0) is 37.1 Å². The van der Waals surface area contributed by atoms with Crippen LogP contribution in [-0.2, 0) is 6.42 Å². The number of ether oxygens (including phenoxy) is 2. The molecule has 0 radical (unpaired) electrons. The molecule has 104 valence electrons. The predicted octanol–water partition coefficient (Wildman–Crippen LogP) is 2.21. The molecule has 0 saturated carbocycles. The maximum atomic E-state index is 5.58. The third kappa shape index (κ3) is 2.99. The lowest BCUT2D eigenvalue weighted by atomic mass is 10.1. The second kappa shape index (κ2) is 5.77. The van der Waals surface area contributed by atoms with Gasteiger partial charge in [0.2, 0.25) is 0 Å². The van der Waals surface area contributed by atoms with Crippen molar-refractivity contribution < 1.29 is 9.47 Å². The van der Waals surface area contributed by atoms with Gasteiger partial charge in [-0.3, -0.25) is 0 Å². The van der Waals surface area contributed by atoms with Crippen LogP contribution in [0.1, 0.15) is 11.4 Å². The molecule has 20 heavy (non-hydrogen) atoms. The Morgan fingerprint density at radius 2 is 2.00 bits per heavy atom. The van der Waals surface area contributed by atoms with Crippen molar-refractivity contribution in [2.24, 2.45) is 0 Å². The Morgan fingerprint density at radius 1 is 1.15 bits per heavy atom. The van der Waals surface area contributed by atoms with Crippen LogP contribution in [0.3, 0.4) is 0 Å². The monoisotopic (exact) mass is 271 g/mol. The molecule has 5 heteroatoms. The molecular formula is C15H17N3O2.